The van der Waals surface area contributed by atoms with E-state index in [0.29, 0.717) is 12.2 Å². The summed E-state index contributed by atoms with van der Waals surface area (Å²) in [6.45, 7) is 2.68. The van der Waals surface area contributed by atoms with Crippen LogP contribution < -0.4 is 10.2 Å². The van der Waals surface area contributed by atoms with Crippen molar-refractivity contribution in [1.82, 2.24) is 15.2 Å². The Morgan fingerprint density at radius 2 is 1.91 bits per heavy atom. The Morgan fingerprint density at radius 1 is 1.17 bits per heavy atom. The molecule has 23 heavy (non-hydrogen) atoms. The van der Waals surface area contributed by atoms with Crippen molar-refractivity contribution < 1.29 is 9.59 Å². The number of pyridine rings is 1. The highest BCUT2D eigenvalue weighted by atomic mass is 16.2. The standard InChI is InChI=1S/C17H24N4O2/c1-18-16(22)15-6-2-3-11-21(15)17(23)14-12-13(7-8-19-14)20-9-4-5-10-20/h7-8,12,15H,2-6,9-11H2,1H3,(H,18,22). The molecule has 2 saturated heterocycles. The van der Waals surface area contributed by atoms with Gasteiger partial charge in [-0.1, -0.05) is 0 Å². The van der Waals surface area contributed by atoms with E-state index in [-0.39, 0.29) is 17.9 Å². The van der Waals surface area contributed by atoms with Gasteiger partial charge in [-0.2, -0.15) is 0 Å². The number of aromatic nitrogens is 1. The first-order chi connectivity index (χ1) is 11.2. The molecule has 6 nitrogen and oxygen atoms in total. The van der Waals surface area contributed by atoms with Crippen LogP contribution in [0.5, 0.6) is 0 Å². The lowest BCUT2D eigenvalue weighted by Crippen LogP contribution is -2.51. The molecular formula is C17H24N4O2. The molecule has 2 aliphatic rings. The molecule has 0 saturated carbocycles. The van der Waals surface area contributed by atoms with E-state index in [1.165, 1.54) is 12.8 Å². The van der Waals surface area contributed by atoms with Crippen molar-refractivity contribution in [2.45, 2.75) is 38.1 Å². The van der Waals surface area contributed by atoms with Crippen LogP contribution in [0.1, 0.15) is 42.6 Å². The molecule has 0 bridgehead atoms. The van der Waals surface area contributed by atoms with Crippen molar-refractivity contribution in [3.63, 3.8) is 0 Å². The minimum Gasteiger partial charge on any atom is -0.371 e. The highest BCUT2D eigenvalue weighted by molar-refractivity contribution is 5.96. The van der Waals surface area contributed by atoms with E-state index >= 15 is 0 Å². The Labute approximate surface area is 136 Å². The molecule has 2 amide bonds. The maximum Gasteiger partial charge on any atom is 0.273 e. The quantitative estimate of drug-likeness (QED) is 0.916. The molecule has 124 valence electrons. The fourth-order valence-corrected chi connectivity index (χ4v) is 3.47. The average molecular weight is 316 g/mol. The molecule has 1 aromatic rings. The molecular weight excluding hydrogens is 292 g/mol. The van der Waals surface area contributed by atoms with Gasteiger partial charge in [0.1, 0.15) is 11.7 Å². The van der Waals surface area contributed by atoms with Crippen molar-refractivity contribution >= 4 is 17.5 Å². The van der Waals surface area contributed by atoms with Crippen molar-refractivity contribution in [1.29, 1.82) is 0 Å². The molecule has 3 heterocycles. The van der Waals surface area contributed by atoms with E-state index in [2.05, 4.69) is 15.2 Å². The summed E-state index contributed by atoms with van der Waals surface area (Å²) in [7, 11) is 1.62. The van der Waals surface area contributed by atoms with Gasteiger partial charge in [0.2, 0.25) is 5.91 Å². The second-order valence-electron chi connectivity index (χ2n) is 6.22. The van der Waals surface area contributed by atoms with E-state index in [4.69, 9.17) is 0 Å². The van der Waals surface area contributed by atoms with Gasteiger partial charge in [0, 0.05) is 38.6 Å². The van der Waals surface area contributed by atoms with Crippen LogP contribution in [0.2, 0.25) is 0 Å². The number of amides is 2. The third-order valence-corrected chi connectivity index (χ3v) is 4.75. The molecule has 0 radical (unpaired) electrons. The van der Waals surface area contributed by atoms with Crippen LogP contribution in [0.25, 0.3) is 0 Å². The molecule has 0 aromatic carbocycles. The zero-order chi connectivity index (χ0) is 16.2. The van der Waals surface area contributed by atoms with E-state index in [0.717, 1.165) is 38.0 Å². The lowest BCUT2D eigenvalue weighted by Gasteiger charge is -2.34. The van der Waals surface area contributed by atoms with Crippen LogP contribution in [0.4, 0.5) is 5.69 Å². The van der Waals surface area contributed by atoms with Gasteiger partial charge in [0.25, 0.3) is 5.91 Å². The summed E-state index contributed by atoms with van der Waals surface area (Å²) >= 11 is 0. The third kappa shape index (κ3) is 3.30. The van der Waals surface area contributed by atoms with E-state index in [1.54, 1.807) is 18.1 Å². The predicted octanol–water partition coefficient (Wildman–Crippen LogP) is 1.42. The highest BCUT2D eigenvalue weighted by Crippen LogP contribution is 2.23. The van der Waals surface area contributed by atoms with Gasteiger partial charge in [-0.25, -0.2) is 0 Å². The summed E-state index contributed by atoms with van der Waals surface area (Å²) in [5, 5.41) is 2.67. The lowest BCUT2D eigenvalue weighted by molar-refractivity contribution is -0.126. The third-order valence-electron chi connectivity index (χ3n) is 4.75. The largest absolute Gasteiger partial charge is 0.371 e. The molecule has 2 fully saturated rings. The van der Waals surface area contributed by atoms with Crippen LogP contribution in [0.3, 0.4) is 0 Å². The summed E-state index contributed by atoms with van der Waals surface area (Å²) in [6, 6.07) is 3.44. The fraction of sp³-hybridized carbons (Fsp3) is 0.588. The molecule has 1 aromatic heterocycles. The number of rotatable bonds is 3. The van der Waals surface area contributed by atoms with E-state index in [1.807, 2.05) is 12.1 Å². The smallest absolute Gasteiger partial charge is 0.273 e. The molecule has 0 aliphatic carbocycles. The van der Waals surface area contributed by atoms with Gasteiger partial charge < -0.3 is 15.1 Å². The van der Waals surface area contributed by atoms with E-state index < -0.39 is 0 Å². The average Bonchev–Trinajstić information content (AvgIpc) is 3.15. The normalized spacial score (nSPS) is 21.3. The first-order valence-electron chi connectivity index (χ1n) is 8.44. The highest BCUT2D eigenvalue weighted by Gasteiger charge is 2.32. The monoisotopic (exact) mass is 316 g/mol. The first-order valence-corrected chi connectivity index (χ1v) is 8.44. The number of nitrogens with zero attached hydrogens (tertiary/aromatic N) is 3. The van der Waals surface area contributed by atoms with Crippen LogP contribution in [-0.4, -0.2) is 54.4 Å². The second-order valence-corrected chi connectivity index (χ2v) is 6.22. The number of carbonyl (C=O) groups excluding carboxylic acids is 2. The molecule has 1 unspecified atom stereocenters. The summed E-state index contributed by atoms with van der Waals surface area (Å²) in [4.78, 5) is 33.1. The van der Waals surface area contributed by atoms with Crippen molar-refractivity contribution in [3.8, 4) is 0 Å². The molecule has 3 rings (SSSR count). The van der Waals surface area contributed by atoms with Gasteiger partial charge in [-0.15, -0.1) is 0 Å². The summed E-state index contributed by atoms with van der Waals surface area (Å²) in [5.74, 6) is -0.229. The Hall–Kier alpha value is -2.11. The number of likely N-dealkylation sites (tertiary alicyclic amines) is 1. The minimum atomic E-state index is -0.376. The van der Waals surface area contributed by atoms with Crippen molar-refractivity contribution in [2.24, 2.45) is 0 Å². The van der Waals surface area contributed by atoms with Crippen molar-refractivity contribution in [2.75, 3.05) is 31.6 Å². The SMILES string of the molecule is CNC(=O)C1CCCCN1C(=O)c1cc(N2CCCC2)ccn1. The summed E-state index contributed by atoms with van der Waals surface area (Å²) in [5.41, 5.74) is 1.49. The van der Waals surface area contributed by atoms with Gasteiger partial charge in [-0.3, -0.25) is 14.6 Å². The van der Waals surface area contributed by atoms with Crippen LogP contribution in [-0.2, 0) is 4.79 Å². The Kier molecular flexibility index (Phi) is 4.79. The van der Waals surface area contributed by atoms with Crippen LogP contribution in [0, 0.1) is 0 Å². The predicted molar refractivity (Wildman–Crippen MR) is 88.4 cm³/mol. The van der Waals surface area contributed by atoms with Gasteiger partial charge in [-0.05, 0) is 44.2 Å². The number of likely N-dealkylation sites (N-methyl/N-ethyl adjacent to an activating group) is 1. The van der Waals surface area contributed by atoms with Crippen LogP contribution in [0.15, 0.2) is 18.3 Å². The number of anilines is 1. The fourth-order valence-electron chi connectivity index (χ4n) is 3.47. The zero-order valence-corrected chi connectivity index (χ0v) is 13.6. The Morgan fingerprint density at radius 3 is 2.65 bits per heavy atom. The first kappa shape index (κ1) is 15.8. The van der Waals surface area contributed by atoms with E-state index in [9.17, 15) is 9.59 Å². The summed E-state index contributed by atoms with van der Waals surface area (Å²) in [6.07, 6.45) is 6.71. The zero-order valence-electron chi connectivity index (χ0n) is 13.6. The maximum atomic E-state index is 12.9. The van der Waals surface area contributed by atoms with Gasteiger partial charge >= 0.3 is 0 Å². The lowest BCUT2D eigenvalue weighted by atomic mass is 10.0. The van der Waals surface area contributed by atoms with Crippen LogP contribution >= 0.6 is 0 Å². The molecule has 1 N–H and O–H groups in total. The molecule has 6 heteroatoms. The molecule has 2 aliphatic heterocycles. The van der Waals surface area contributed by atoms with Gasteiger partial charge in [0.05, 0.1) is 0 Å². The second kappa shape index (κ2) is 6.98. The van der Waals surface area contributed by atoms with Gasteiger partial charge in [0.15, 0.2) is 0 Å². The Balaban J connectivity index is 1.80. The topological polar surface area (TPSA) is 65.5 Å². The summed E-state index contributed by atoms with van der Waals surface area (Å²) < 4.78 is 0. The number of nitrogens with one attached hydrogen (secondary N) is 1. The number of carbonyl (C=O) groups is 2. The molecule has 0 spiro atoms. The Bertz CT molecular complexity index is 584. The number of hydrogen-bond donors (Lipinski definition) is 1. The minimum absolute atomic E-state index is 0.0891. The molecule has 1 atom stereocenters. The van der Waals surface area contributed by atoms with Crippen molar-refractivity contribution in [3.05, 3.63) is 24.0 Å². The number of hydrogen-bond acceptors (Lipinski definition) is 4. The number of piperidine rings is 1. The maximum absolute atomic E-state index is 12.9.